The molecule has 2 heteroatoms. The van der Waals surface area contributed by atoms with Crippen LogP contribution >= 0.6 is 0 Å². The van der Waals surface area contributed by atoms with Crippen LogP contribution in [0.15, 0.2) is 24.3 Å². The van der Waals surface area contributed by atoms with E-state index in [1.165, 1.54) is 141 Å². The van der Waals surface area contributed by atoms with E-state index < -0.39 is 0 Å². The van der Waals surface area contributed by atoms with Crippen molar-refractivity contribution in [2.45, 2.75) is 168 Å². The van der Waals surface area contributed by atoms with E-state index in [-0.39, 0.29) is 56.4 Å². The van der Waals surface area contributed by atoms with Crippen molar-refractivity contribution in [3.63, 3.8) is 0 Å². The molecule has 34 heavy (non-hydrogen) atoms. The third-order valence-electron chi connectivity index (χ3n) is 5.88. The van der Waals surface area contributed by atoms with E-state index in [9.17, 15) is 0 Å². The maximum absolute atomic E-state index is 3.85. The van der Waals surface area contributed by atoms with Crippen molar-refractivity contribution in [3.05, 3.63) is 38.7 Å². The van der Waals surface area contributed by atoms with Crippen LogP contribution in [0.25, 0.3) is 0 Å². The molecule has 0 aromatic rings. The maximum atomic E-state index is 3.85. The molecule has 0 radical (unpaired) electrons. The summed E-state index contributed by atoms with van der Waals surface area (Å²) in [4.78, 5) is 0. The summed E-state index contributed by atoms with van der Waals surface area (Å²) in [6.07, 6.45) is 40.8. The average Bonchev–Trinajstić information content (AvgIpc) is 2.79. The molecule has 0 spiro atoms. The van der Waals surface area contributed by atoms with E-state index in [0.29, 0.717) is 0 Å². The minimum Gasteiger partial charge on any atom is -1.00 e. The molecular weight excluding hydrogens is 433 g/mol. The summed E-state index contributed by atoms with van der Waals surface area (Å²) in [5.41, 5.74) is 0. The van der Waals surface area contributed by atoms with Crippen LogP contribution in [0, 0.1) is 14.4 Å². The Bertz CT molecular complexity index is 347. The minimum atomic E-state index is 0. The molecule has 0 rings (SSSR count). The molecule has 0 nitrogen and oxygen atoms in total. The van der Waals surface area contributed by atoms with Crippen molar-refractivity contribution in [2.24, 2.45) is 0 Å². The van der Waals surface area contributed by atoms with Crippen LogP contribution in [-0.2, 0) is 0 Å². The minimum absolute atomic E-state index is 0. The van der Waals surface area contributed by atoms with E-state index in [0.717, 1.165) is 6.42 Å². The van der Waals surface area contributed by atoms with Gasteiger partial charge in [0.25, 0.3) is 0 Å². The second-order valence-electron chi connectivity index (χ2n) is 9.25. The summed E-state index contributed by atoms with van der Waals surface area (Å²) in [5.74, 6) is 0. The molecule has 0 aliphatic heterocycles. The molecule has 0 bridgehead atoms. The van der Waals surface area contributed by atoms with Gasteiger partial charge < -0.3 is 17.2 Å². The zero-order valence-corrected chi connectivity index (χ0v) is 27.5. The Hall–Kier alpha value is 1.01. The van der Waals surface area contributed by atoms with Gasteiger partial charge in [0.1, 0.15) is 0 Å². The summed E-state index contributed by atoms with van der Waals surface area (Å²) >= 11 is 0. The summed E-state index contributed by atoms with van der Waals surface area (Å²) in [5, 5.41) is 0. The molecule has 0 saturated heterocycles. The molecule has 0 N–H and O–H groups in total. The van der Waals surface area contributed by atoms with Crippen molar-refractivity contribution >= 4 is 46.1 Å². The van der Waals surface area contributed by atoms with Gasteiger partial charge in [0.15, 0.2) is 0 Å². The standard InChI is InChI=1S/C16H32.C15H29.CH3.2Mg.2H/c1-3-5-7-9-11-13-15-16-14-12-10-8-6-4-2;1-3-5-7-9-11-13-15-14-12-10-8-6-4-2;;;;;/h13,15H,3-12,14,16H2,1-2H3;14-15H,1,3-13H2,2H3;1H3;;;;/q;2*-1;2*+2;2*-1/b15-13-;15-14-;;;;;. The molecule has 0 unspecified atom stereocenters. The second-order valence-corrected chi connectivity index (χ2v) is 9.25. The molecule has 0 aromatic heterocycles. The predicted octanol–water partition coefficient (Wildman–Crippen LogP) is 11.9. The third-order valence-corrected chi connectivity index (χ3v) is 5.88. The number of hydrogen-bond acceptors (Lipinski definition) is 0. The van der Waals surface area contributed by atoms with Crippen molar-refractivity contribution < 1.29 is 2.85 Å². The Morgan fingerprint density at radius 3 is 0.941 bits per heavy atom. The van der Waals surface area contributed by atoms with Gasteiger partial charge >= 0.3 is 46.1 Å². The molecule has 0 aliphatic rings. The SMILES string of the molecule is CCCCCC/C=C\CCCCCCCC.[CH2-]CCCCCC/C=C\CCCCCC.[CH3-].[H-].[H-].[Mg+2].[Mg+2]. The van der Waals surface area contributed by atoms with Crippen LogP contribution in [0.3, 0.4) is 0 Å². The molecule has 0 aliphatic carbocycles. The summed E-state index contributed by atoms with van der Waals surface area (Å²) < 4.78 is 0. The first-order valence-corrected chi connectivity index (χ1v) is 14.4. The van der Waals surface area contributed by atoms with Crippen molar-refractivity contribution in [1.82, 2.24) is 0 Å². The molecule has 0 heterocycles. The van der Waals surface area contributed by atoms with Gasteiger partial charge in [-0.1, -0.05) is 135 Å². The molecular formula is C32H66Mg2. The van der Waals surface area contributed by atoms with E-state index in [1.807, 2.05) is 0 Å². The van der Waals surface area contributed by atoms with Crippen molar-refractivity contribution in [1.29, 1.82) is 0 Å². The normalized spacial score (nSPS) is 10.4. The van der Waals surface area contributed by atoms with Gasteiger partial charge in [0.2, 0.25) is 0 Å². The van der Waals surface area contributed by atoms with Crippen LogP contribution in [0.2, 0.25) is 0 Å². The van der Waals surface area contributed by atoms with Gasteiger partial charge in [-0.3, -0.25) is 0 Å². The Morgan fingerprint density at radius 2 is 0.647 bits per heavy atom. The van der Waals surface area contributed by atoms with Crippen LogP contribution < -0.4 is 0 Å². The Morgan fingerprint density at radius 1 is 0.412 bits per heavy atom. The van der Waals surface area contributed by atoms with Crippen LogP contribution in [0.4, 0.5) is 0 Å². The van der Waals surface area contributed by atoms with Gasteiger partial charge in [-0.05, 0) is 51.4 Å². The van der Waals surface area contributed by atoms with Gasteiger partial charge in [0.05, 0.1) is 0 Å². The fourth-order valence-corrected chi connectivity index (χ4v) is 3.68. The number of hydrogen-bond donors (Lipinski definition) is 0. The molecule has 198 valence electrons. The topological polar surface area (TPSA) is 0 Å². The first-order valence-electron chi connectivity index (χ1n) is 14.4. The van der Waals surface area contributed by atoms with E-state index >= 15 is 0 Å². The quantitative estimate of drug-likeness (QED) is 0.0568. The van der Waals surface area contributed by atoms with Gasteiger partial charge in [0, 0.05) is 0 Å². The summed E-state index contributed by atoms with van der Waals surface area (Å²) in [6.45, 7) is 10.7. The number of unbranched alkanes of at least 4 members (excludes halogenated alkanes) is 19. The summed E-state index contributed by atoms with van der Waals surface area (Å²) in [6, 6.07) is 0. The van der Waals surface area contributed by atoms with Gasteiger partial charge in [-0.2, -0.15) is 6.42 Å². The first-order chi connectivity index (χ1) is 15.3. The zero-order valence-electron chi connectivity index (χ0n) is 26.7. The molecule has 0 aromatic carbocycles. The number of rotatable bonds is 23. The van der Waals surface area contributed by atoms with E-state index in [1.54, 1.807) is 0 Å². The Balaban J connectivity index is -0.0000000822. The molecule has 0 saturated carbocycles. The van der Waals surface area contributed by atoms with Crippen LogP contribution in [0.5, 0.6) is 0 Å². The zero-order chi connectivity index (χ0) is 23.1. The van der Waals surface area contributed by atoms with Gasteiger partial charge in [-0.15, -0.1) is 0 Å². The fourth-order valence-electron chi connectivity index (χ4n) is 3.68. The summed E-state index contributed by atoms with van der Waals surface area (Å²) in [7, 11) is 0. The average molecular weight is 499 g/mol. The Kier molecular flexibility index (Phi) is 62.5. The van der Waals surface area contributed by atoms with Crippen LogP contribution in [-0.4, -0.2) is 46.1 Å². The fraction of sp³-hybridized carbons (Fsp3) is 0.812. The van der Waals surface area contributed by atoms with Crippen molar-refractivity contribution in [3.8, 4) is 0 Å². The van der Waals surface area contributed by atoms with Gasteiger partial charge in [-0.25, -0.2) is 0 Å². The third kappa shape index (κ3) is 50.0. The monoisotopic (exact) mass is 498 g/mol. The smallest absolute Gasteiger partial charge is 1.00 e. The van der Waals surface area contributed by atoms with Crippen LogP contribution in [0.1, 0.15) is 171 Å². The number of allylic oxidation sites excluding steroid dienone is 4. The van der Waals surface area contributed by atoms with E-state index in [2.05, 4.69) is 52.0 Å². The largest absolute Gasteiger partial charge is 2.00 e. The predicted molar refractivity (Wildman–Crippen MR) is 167 cm³/mol. The van der Waals surface area contributed by atoms with Crippen molar-refractivity contribution in [2.75, 3.05) is 0 Å². The second kappa shape index (κ2) is 47.2. The first kappa shape index (κ1) is 45.0. The molecule has 0 atom stereocenters. The maximum Gasteiger partial charge on any atom is 2.00 e. The van der Waals surface area contributed by atoms with E-state index in [4.69, 9.17) is 0 Å². The molecule has 0 amide bonds. The molecule has 0 fully saturated rings. The Labute approximate surface area is 254 Å².